The van der Waals surface area contributed by atoms with Gasteiger partial charge in [0.1, 0.15) is 0 Å². The van der Waals surface area contributed by atoms with Gasteiger partial charge >= 0.3 is 28.4 Å². The quantitative estimate of drug-likeness (QED) is 0.152. The van der Waals surface area contributed by atoms with Crippen molar-refractivity contribution in [3.05, 3.63) is 154 Å². The molecule has 222 valence electrons. The molecule has 4 aromatic rings. The van der Waals surface area contributed by atoms with Gasteiger partial charge < -0.3 is 0 Å². The van der Waals surface area contributed by atoms with Crippen molar-refractivity contribution < 1.29 is 24.2 Å². The first-order valence-electron chi connectivity index (χ1n) is 13.3. The van der Waals surface area contributed by atoms with Gasteiger partial charge in [-0.2, -0.15) is 102 Å². The number of fused-ring (bicyclic) bond motifs is 3. The Balaban J connectivity index is 0.000000532. The molecule has 0 fully saturated rings. The van der Waals surface area contributed by atoms with Crippen LogP contribution in [0.2, 0.25) is 10.0 Å². The van der Waals surface area contributed by atoms with Crippen LogP contribution < -0.4 is 0 Å². The molecule has 1 atom stereocenters. The van der Waals surface area contributed by atoms with Crippen LogP contribution in [0.1, 0.15) is 45.2 Å². The Morgan fingerprint density at radius 3 is 1.74 bits per heavy atom. The van der Waals surface area contributed by atoms with Crippen molar-refractivity contribution in [3.63, 3.8) is 0 Å². The maximum Gasteiger partial charge on any atom is -0.0253 e. The molecule has 5 heteroatoms. The van der Waals surface area contributed by atoms with E-state index in [1.807, 2.05) is 6.07 Å². The first-order chi connectivity index (χ1) is 19.3. The molecule has 0 saturated carbocycles. The normalized spacial score (nSPS) is 13.1. The van der Waals surface area contributed by atoms with E-state index in [1.165, 1.54) is 58.5 Å². The van der Waals surface area contributed by atoms with Gasteiger partial charge in [-0.15, -0.1) is 53.6 Å². The number of hydrogen-bond acceptors (Lipinski definition) is 0. The summed E-state index contributed by atoms with van der Waals surface area (Å²) in [5.41, 5.74) is 7.25. The summed E-state index contributed by atoms with van der Waals surface area (Å²) < 4.78 is 3.34. The molecule has 0 aromatic heterocycles. The Bertz CT molecular complexity index is 1260. The van der Waals surface area contributed by atoms with Crippen molar-refractivity contribution in [2.24, 2.45) is 11.3 Å². The zero-order valence-corrected chi connectivity index (χ0v) is 30.2. The largest absolute Gasteiger partial charge is 0.179 e. The fraction of sp³-hybridized carbons (Fsp3) is 0.216. The third-order valence-electron chi connectivity index (χ3n) is 6.11. The van der Waals surface area contributed by atoms with Crippen LogP contribution in [0.5, 0.6) is 0 Å². The van der Waals surface area contributed by atoms with E-state index in [-0.39, 0.29) is 24.8 Å². The number of rotatable bonds is 1. The van der Waals surface area contributed by atoms with Crippen molar-refractivity contribution in [3.8, 4) is 11.1 Å². The van der Waals surface area contributed by atoms with Crippen molar-refractivity contribution in [1.29, 1.82) is 0 Å². The van der Waals surface area contributed by atoms with Crippen LogP contribution in [-0.4, -0.2) is 4.21 Å². The summed E-state index contributed by atoms with van der Waals surface area (Å²) >= 11 is 12.3. The Hall–Kier alpha value is -1.73. The molecule has 0 spiro atoms. The van der Waals surface area contributed by atoms with Crippen molar-refractivity contribution >= 4 is 52.2 Å². The molecule has 0 heterocycles. The second-order valence-electron chi connectivity index (χ2n) is 10.0. The van der Waals surface area contributed by atoms with Crippen LogP contribution in [0.15, 0.2) is 109 Å². The molecule has 4 aromatic carbocycles. The Morgan fingerprint density at radius 1 is 0.786 bits per heavy atom. The van der Waals surface area contributed by atoms with Crippen molar-refractivity contribution in [1.82, 2.24) is 0 Å². The zero-order chi connectivity index (χ0) is 29.4. The van der Waals surface area contributed by atoms with Crippen molar-refractivity contribution in [2.45, 2.75) is 40.5 Å². The van der Waals surface area contributed by atoms with Crippen LogP contribution >= 0.6 is 48.0 Å². The number of hydrogen-bond donors (Lipinski definition) is 0. The maximum absolute atomic E-state index is 5.52. The van der Waals surface area contributed by atoms with E-state index in [4.69, 9.17) is 23.2 Å². The molecular weight excluding hydrogens is 677 g/mol. The van der Waals surface area contributed by atoms with Gasteiger partial charge in [-0.1, -0.05) is 90.9 Å². The molecule has 42 heavy (non-hydrogen) atoms. The summed E-state index contributed by atoms with van der Waals surface area (Å²) in [4.78, 5) is 0. The minimum absolute atomic E-state index is 0. The van der Waals surface area contributed by atoms with Crippen LogP contribution in [0, 0.1) is 35.6 Å². The van der Waals surface area contributed by atoms with Gasteiger partial charge in [-0.25, -0.2) is 6.08 Å². The average Bonchev–Trinajstić information content (AvgIpc) is 3.62. The molecule has 2 aliphatic rings. The third kappa shape index (κ3) is 14.2. The van der Waals surface area contributed by atoms with Gasteiger partial charge in [-0.3, -0.25) is 6.08 Å². The maximum atomic E-state index is 5.52. The summed E-state index contributed by atoms with van der Waals surface area (Å²) in [7, 11) is 0. The number of benzene rings is 4. The fourth-order valence-electron chi connectivity index (χ4n) is 3.94. The predicted octanol–water partition coefficient (Wildman–Crippen LogP) is 11.5. The summed E-state index contributed by atoms with van der Waals surface area (Å²) in [5.74, 6) is 0.573. The molecule has 0 aliphatic heterocycles. The first-order valence-corrected chi connectivity index (χ1v) is 15.8. The topological polar surface area (TPSA) is 0 Å². The molecular formula is C37H38Cl4Zr-4. The molecule has 0 nitrogen and oxygen atoms in total. The van der Waals surface area contributed by atoms with Gasteiger partial charge in [-0.05, 0) is 6.42 Å². The molecule has 0 amide bonds. The Kier molecular flexibility index (Phi) is 21.0. The van der Waals surface area contributed by atoms with E-state index < -0.39 is 0 Å². The van der Waals surface area contributed by atoms with Gasteiger partial charge in [0.2, 0.25) is 0 Å². The van der Waals surface area contributed by atoms with E-state index in [0.29, 0.717) is 11.3 Å². The molecule has 6 rings (SSSR count). The van der Waals surface area contributed by atoms with E-state index in [2.05, 4.69) is 105 Å². The molecule has 0 radical (unpaired) electrons. The zero-order valence-electron chi connectivity index (χ0n) is 24.6. The molecule has 0 bridgehead atoms. The molecule has 2 aliphatic carbocycles. The van der Waals surface area contributed by atoms with Gasteiger partial charge in [0.15, 0.2) is 0 Å². The van der Waals surface area contributed by atoms with Gasteiger partial charge in [0, 0.05) is 0 Å². The minimum Gasteiger partial charge on any atom is -0.179 e. The summed E-state index contributed by atoms with van der Waals surface area (Å²) in [6.45, 7) is 8.94. The monoisotopic (exact) mass is 712 g/mol. The first kappa shape index (κ1) is 40.3. The van der Waals surface area contributed by atoms with Crippen molar-refractivity contribution in [2.75, 3.05) is 0 Å². The molecule has 1 unspecified atom stereocenters. The third-order valence-corrected chi connectivity index (χ3v) is 6.62. The average molecular weight is 716 g/mol. The van der Waals surface area contributed by atoms with Gasteiger partial charge in [0.05, 0.1) is 0 Å². The Morgan fingerprint density at radius 2 is 1.31 bits per heavy atom. The van der Waals surface area contributed by atoms with Crippen LogP contribution in [0.4, 0.5) is 0 Å². The fourth-order valence-corrected chi connectivity index (χ4v) is 4.19. The SMILES string of the molecule is CCC1[C-]=CC(C(C)(C)C)=C1.Cl.Cl.Clc1cc[c-]cc1.Clc1cc[c-]cc1.[CH2]=[Zr].[c-]1cccc2c1Cc1ccccc1-2. The second kappa shape index (κ2) is 21.9. The number of allylic oxidation sites excluding steroid dienone is 4. The number of halogens is 4. The molecule has 0 saturated heterocycles. The Labute approximate surface area is 291 Å². The minimum atomic E-state index is 0. The van der Waals surface area contributed by atoms with E-state index in [0.717, 1.165) is 16.5 Å². The predicted molar refractivity (Wildman–Crippen MR) is 185 cm³/mol. The van der Waals surface area contributed by atoms with Crippen LogP contribution in [0.25, 0.3) is 11.1 Å². The summed E-state index contributed by atoms with van der Waals surface area (Å²) in [6, 6.07) is 38.1. The van der Waals surface area contributed by atoms with E-state index in [1.54, 1.807) is 48.5 Å². The standard InChI is InChI=1S/C13H9.C11H17.2C6H4Cl.CH2.2ClH.Zr/c1-3-7-12-10(5-1)9-11-6-2-4-8-13(11)12;1-5-9-6-7-10(8-9)11(2,3)4;2*7-6-4-2-1-3-5-6;;;;/h1-5,7-8H,9H2;7-9H,5H2,1-4H3;2*2-5H;1H2;2*1H;/q4*-1;;;;. The second-order valence-corrected chi connectivity index (χ2v) is 10.9. The molecule has 0 N–H and O–H groups in total. The van der Waals surface area contributed by atoms with Crippen LogP contribution in [-0.2, 0) is 30.7 Å². The van der Waals surface area contributed by atoms with Crippen LogP contribution in [0.3, 0.4) is 0 Å². The smallest absolute Gasteiger partial charge is 0.0253 e. The summed E-state index contributed by atoms with van der Waals surface area (Å²) in [5, 5.41) is 1.53. The van der Waals surface area contributed by atoms with Gasteiger partial charge in [0.25, 0.3) is 0 Å². The van der Waals surface area contributed by atoms with E-state index in [9.17, 15) is 0 Å². The summed E-state index contributed by atoms with van der Waals surface area (Å²) in [6.07, 6.45) is 10.1. The van der Waals surface area contributed by atoms with E-state index >= 15 is 0 Å².